The van der Waals surface area contributed by atoms with Crippen LogP contribution in [0.2, 0.25) is 0 Å². The molecule has 6 nitrogen and oxygen atoms in total. The van der Waals surface area contributed by atoms with Crippen LogP contribution in [-0.4, -0.2) is 34.1 Å². The van der Waals surface area contributed by atoms with Gasteiger partial charge in [0, 0.05) is 10.9 Å². The van der Waals surface area contributed by atoms with Gasteiger partial charge < -0.3 is 20.4 Å². The first-order chi connectivity index (χ1) is 9.47. The lowest BCUT2D eigenvalue weighted by Crippen LogP contribution is -2.51. The average molecular weight is 355 g/mol. The van der Waals surface area contributed by atoms with Gasteiger partial charge in [-0.15, -0.1) is 23.7 Å². The molecule has 2 heterocycles. The molecule has 0 aromatic carbocycles. The zero-order valence-corrected chi connectivity index (χ0v) is 13.9. The molecule has 1 aromatic heterocycles. The first-order valence-electron chi connectivity index (χ1n) is 6.57. The molecule has 1 aliphatic heterocycles. The Morgan fingerprint density at radius 3 is 2.81 bits per heavy atom. The molecule has 0 radical (unpaired) electrons. The summed E-state index contributed by atoms with van der Waals surface area (Å²) < 4.78 is 11.6. The van der Waals surface area contributed by atoms with Crippen molar-refractivity contribution in [2.75, 3.05) is 6.54 Å². The van der Waals surface area contributed by atoms with Crippen molar-refractivity contribution in [1.82, 2.24) is 10.6 Å². The van der Waals surface area contributed by atoms with Gasteiger partial charge in [0.25, 0.3) is 0 Å². The molecule has 1 aliphatic rings. The summed E-state index contributed by atoms with van der Waals surface area (Å²) in [6.07, 6.45) is 2.72. The second-order valence-corrected chi connectivity index (χ2v) is 7.68. The Kier molecular flexibility index (Phi) is 7.33. The minimum Gasteiger partial charge on any atom is -0.340 e. The van der Waals surface area contributed by atoms with Gasteiger partial charge in [-0.1, -0.05) is 12.5 Å². The topological polar surface area (TPSA) is 98.7 Å². The van der Waals surface area contributed by atoms with Crippen molar-refractivity contribution in [3.8, 4) is 0 Å². The molecule has 120 valence electrons. The van der Waals surface area contributed by atoms with Crippen molar-refractivity contribution in [2.45, 2.75) is 37.5 Å². The summed E-state index contributed by atoms with van der Waals surface area (Å²) in [5, 5.41) is 7.46. The minimum atomic E-state index is -4.38. The fourth-order valence-electron chi connectivity index (χ4n) is 2.35. The molecule has 2 rings (SSSR count). The van der Waals surface area contributed by atoms with Gasteiger partial charge in [0.1, 0.15) is 5.78 Å². The second-order valence-electron chi connectivity index (χ2n) is 4.91. The quantitative estimate of drug-likeness (QED) is 0.600. The zero-order chi connectivity index (χ0) is 14.6. The lowest BCUT2D eigenvalue weighted by atomic mass is 10.0. The van der Waals surface area contributed by atoms with Gasteiger partial charge in [-0.25, -0.2) is 0 Å². The van der Waals surface area contributed by atoms with Crippen molar-refractivity contribution < 1.29 is 19.1 Å². The SMILES string of the molecule is Cl.O=C(Cc1cccs1)NC(C1CCCCN1)P(=O)(O)O. The molecule has 21 heavy (non-hydrogen) atoms. The number of halogens is 1. The summed E-state index contributed by atoms with van der Waals surface area (Å²) in [4.78, 5) is 31.7. The van der Waals surface area contributed by atoms with E-state index in [1.54, 1.807) is 0 Å². The third-order valence-electron chi connectivity index (χ3n) is 3.32. The summed E-state index contributed by atoms with van der Waals surface area (Å²) in [5.74, 6) is -1.50. The van der Waals surface area contributed by atoms with Crippen LogP contribution in [-0.2, 0) is 15.8 Å². The van der Waals surface area contributed by atoms with E-state index in [1.165, 1.54) is 11.3 Å². The van der Waals surface area contributed by atoms with E-state index in [2.05, 4.69) is 10.6 Å². The van der Waals surface area contributed by atoms with E-state index >= 15 is 0 Å². The van der Waals surface area contributed by atoms with Gasteiger partial charge in [-0.2, -0.15) is 0 Å². The predicted octanol–water partition coefficient (Wildman–Crippen LogP) is 1.47. The molecular formula is C12H20ClN2O4PS. The highest BCUT2D eigenvalue weighted by Crippen LogP contribution is 2.42. The molecule has 9 heteroatoms. The molecule has 0 saturated carbocycles. The molecular weight excluding hydrogens is 335 g/mol. The van der Waals surface area contributed by atoms with Crippen LogP contribution in [0, 0.1) is 0 Å². The van der Waals surface area contributed by atoms with Crippen molar-refractivity contribution in [1.29, 1.82) is 0 Å². The third kappa shape index (κ3) is 5.70. The number of piperidine rings is 1. The molecule has 0 spiro atoms. The van der Waals surface area contributed by atoms with E-state index in [-0.39, 0.29) is 30.8 Å². The van der Waals surface area contributed by atoms with Gasteiger partial charge in [0.05, 0.1) is 6.42 Å². The summed E-state index contributed by atoms with van der Waals surface area (Å²) in [6, 6.07) is 3.31. The van der Waals surface area contributed by atoms with E-state index < -0.39 is 13.4 Å². The number of carbonyl (C=O) groups excluding carboxylic acids is 1. The minimum absolute atomic E-state index is 0. The standard InChI is InChI=1S/C12H19N2O4PS.ClH/c15-11(8-9-4-3-7-20-9)14-12(19(16,17)18)10-5-1-2-6-13-10;/h3-4,7,10,12-13H,1-2,5-6,8H2,(H,14,15)(H2,16,17,18);1H. The normalized spacial score (nSPS) is 20.4. The molecule has 4 N–H and O–H groups in total. The predicted molar refractivity (Wildman–Crippen MR) is 84.9 cm³/mol. The summed E-state index contributed by atoms with van der Waals surface area (Å²) in [7, 11) is -4.38. The van der Waals surface area contributed by atoms with Gasteiger partial charge in [-0.3, -0.25) is 9.36 Å². The number of amides is 1. The first kappa shape index (κ1) is 18.6. The number of rotatable bonds is 5. The largest absolute Gasteiger partial charge is 0.349 e. The summed E-state index contributed by atoms with van der Waals surface area (Å²) in [5.41, 5.74) is 0. The molecule has 0 aliphatic carbocycles. The third-order valence-corrected chi connectivity index (χ3v) is 5.41. The first-order valence-corrected chi connectivity index (χ1v) is 9.13. The maximum Gasteiger partial charge on any atom is 0.349 e. The molecule has 2 unspecified atom stereocenters. The molecule has 2 atom stereocenters. The molecule has 1 saturated heterocycles. The summed E-state index contributed by atoms with van der Waals surface area (Å²) in [6.45, 7) is 0.724. The van der Waals surface area contributed by atoms with E-state index in [4.69, 9.17) is 0 Å². The van der Waals surface area contributed by atoms with Crippen LogP contribution in [0.1, 0.15) is 24.1 Å². The monoisotopic (exact) mass is 354 g/mol. The Morgan fingerprint density at radius 1 is 1.52 bits per heavy atom. The van der Waals surface area contributed by atoms with Crippen molar-refractivity contribution in [3.63, 3.8) is 0 Å². The number of hydrogen-bond acceptors (Lipinski definition) is 4. The van der Waals surface area contributed by atoms with Crippen LogP contribution in [0.25, 0.3) is 0 Å². The van der Waals surface area contributed by atoms with Crippen LogP contribution < -0.4 is 10.6 Å². The zero-order valence-electron chi connectivity index (χ0n) is 11.4. The van der Waals surface area contributed by atoms with Gasteiger partial charge in [0.2, 0.25) is 5.91 Å². The van der Waals surface area contributed by atoms with E-state index in [0.29, 0.717) is 6.42 Å². The van der Waals surface area contributed by atoms with Crippen molar-refractivity contribution in [3.05, 3.63) is 22.4 Å². The van der Waals surface area contributed by atoms with Crippen molar-refractivity contribution in [2.24, 2.45) is 0 Å². The molecule has 1 fully saturated rings. The van der Waals surface area contributed by atoms with Gasteiger partial charge in [0.15, 0.2) is 0 Å². The van der Waals surface area contributed by atoms with Gasteiger partial charge >= 0.3 is 7.60 Å². The lowest BCUT2D eigenvalue weighted by Gasteiger charge is -2.32. The second kappa shape index (κ2) is 8.27. The number of carbonyl (C=O) groups is 1. The van der Waals surface area contributed by atoms with E-state index in [1.807, 2.05) is 17.5 Å². The Bertz CT molecular complexity index is 487. The number of nitrogens with one attached hydrogen (secondary N) is 2. The number of hydrogen-bond donors (Lipinski definition) is 4. The van der Waals surface area contributed by atoms with E-state index in [0.717, 1.165) is 24.3 Å². The highest BCUT2D eigenvalue weighted by atomic mass is 35.5. The molecule has 1 amide bonds. The molecule has 1 aromatic rings. The highest BCUT2D eigenvalue weighted by molar-refractivity contribution is 7.52. The average Bonchev–Trinajstić information content (AvgIpc) is 2.88. The number of thiophene rings is 1. The Hall–Kier alpha value is -0.430. The van der Waals surface area contributed by atoms with Crippen LogP contribution in [0.5, 0.6) is 0 Å². The lowest BCUT2D eigenvalue weighted by molar-refractivity contribution is -0.121. The fourth-order valence-corrected chi connectivity index (χ4v) is 4.09. The van der Waals surface area contributed by atoms with Crippen LogP contribution >= 0.6 is 31.3 Å². The van der Waals surface area contributed by atoms with Crippen LogP contribution in [0.3, 0.4) is 0 Å². The molecule has 0 bridgehead atoms. The smallest absolute Gasteiger partial charge is 0.340 e. The summed E-state index contributed by atoms with van der Waals surface area (Å²) >= 11 is 1.45. The van der Waals surface area contributed by atoms with Crippen LogP contribution in [0.4, 0.5) is 0 Å². The maximum absolute atomic E-state index is 11.9. The van der Waals surface area contributed by atoms with Crippen LogP contribution in [0.15, 0.2) is 17.5 Å². The fraction of sp³-hybridized carbons (Fsp3) is 0.583. The van der Waals surface area contributed by atoms with E-state index in [9.17, 15) is 19.1 Å². The Morgan fingerprint density at radius 2 is 2.29 bits per heavy atom. The maximum atomic E-state index is 11.9. The van der Waals surface area contributed by atoms with Crippen molar-refractivity contribution >= 4 is 37.2 Å². The van der Waals surface area contributed by atoms with Gasteiger partial charge in [-0.05, 0) is 30.8 Å². The Labute approximate surface area is 133 Å². The highest BCUT2D eigenvalue weighted by Gasteiger charge is 2.37. The Balaban J connectivity index is 0.00000220.